The normalized spacial score (nSPS) is 20.4. The highest BCUT2D eigenvalue weighted by atomic mass is 32.2. The first-order valence-corrected chi connectivity index (χ1v) is 8.32. The minimum absolute atomic E-state index is 0.0447. The monoisotopic (exact) mass is 320 g/mol. The van der Waals surface area contributed by atoms with Gasteiger partial charge in [-0.2, -0.15) is 0 Å². The van der Waals surface area contributed by atoms with Crippen LogP contribution in [0.25, 0.3) is 0 Å². The lowest BCUT2D eigenvalue weighted by Gasteiger charge is -2.17. The van der Waals surface area contributed by atoms with Crippen molar-refractivity contribution in [2.24, 2.45) is 0 Å². The molecule has 2 fully saturated rings. The fraction of sp³-hybridized carbons (Fsp3) is 0.600. The van der Waals surface area contributed by atoms with Gasteiger partial charge in [0.15, 0.2) is 0 Å². The summed E-state index contributed by atoms with van der Waals surface area (Å²) in [5.41, 5.74) is 0. The Morgan fingerprint density at radius 3 is 1.56 bits per heavy atom. The molecule has 2 aliphatic heterocycles. The fourth-order valence-corrected chi connectivity index (χ4v) is 4.07. The molecule has 0 aromatic rings. The van der Waals surface area contributed by atoms with Crippen LogP contribution in [0, 0.1) is 0 Å². The first-order valence-electron chi connectivity index (χ1n) is 5.54. The molecule has 2 rings (SSSR count). The van der Waals surface area contributed by atoms with Crippen LogP contribution in [0.15, 0.2) is 0 Å². The van der Waals surface area contributed by atoms with Crippen molar-refractivity contribution >= 4 is 68.4 Å². The molecule has 8 heteroatoms. The molecule has 0 aromatic heterocycles. The summed E-state index contributed by atoms with van der Waals surface area (Å²) >= 11 is 12.7. The van der Waals surface area contributed by atoms with Crippen molar-refractivity contribution in [2.45, 2.75) is 12.8 Å². The topological polar surface area (TPSA) is 40.6 Å². The third-order valence-corrected chi connectivity index (χ3v) is 5.56. The van der Waals surface area contributed by atoms with E-state index >= 15 is 0 Å². The van der Waals surface area contributed by atoms with E-state index in [1.54, 1.807) is 9.80 Å². The standard InChI is InChI=1S/C10H12N2O2S4/c13-9-11(7(15)5-17-9)3-1-2-4-12-8(16)6-18-10(12)14/h1-6H2. The minimum Gasteiger partial charge on any atom is -0.297 e. The molecule has 0 N–H and O–H groups in total. The number of carbonyl (C=O) groups is 2. The number of hydrogen-bond acceptors (Lipinski definition) is 6. The Bertz CT molecular complexity index is 343. The minimum atomic E-state index is 0.0447. The van der Waals surface area contributed by atoms with E-state index in [0.29, 0.717) is 34.6 Å². The molecule has 0 aromatic carbocycles. The number of amides is 2. The van der Waals surface area contributed by atoms with Gasteiger partial charge in [0.05, 0.1) is 21.5 Å². The third-order valence-electron chi connectivity index (χ3n) is 2.69. The largest absolute Gasteiger partial charge is 0.297 e. The van der Waals surface area contributed by atoms with Crippen molar-refractivity contribution < 1.29 is 9.59 Å². The van der Waals surface area contributed by atoms with Crippen LogP contribution in [-0.2, 0) is 0 Å². The number of hydrogen-bond donors (Lipinski definition) is 0. The first kappa shape index (κ1) is 14.2. The summed E-state index contributed by atoms with van der Waals surface area (Å²) in [7, 11) is 0. The van der Waals surface area contributed by atoms with Crippen molar-refractivity contribution in [2.75, 3.05) is 24.6 Å². The van der Waals surface area contributed by atoms with Gasteiger partial charge in [-0.3, -0.25) is 19.4 Å². The zero-order valence-corrected chi connectivity index (χ0v) is 12.9. The Morgan fingerprint density at radius 2 is 1.28 bits per heavy atom. The smallest absolute Gasteiger partial charge is 0.286 e. The van der Waals surface area contributed by atoms with Crippen LogP contribution in [0.4, 0.5) is 9.59 Å². The predicted molar refractivity (Wildman–Crippen MR) is 83.6 cm³/mol. The Balaban J connectivity index is 1.70. The van der Waals surface area contributed by atoms with Gasteiger partial charge in [0.25, 0.3) is 10.5 Å². The van der Waals surface area contributed by atoms with Crippen LogP contribution in [0.5, 0.6) is 0 Å². The molecular formula is C10H12N2O2S4. The van der Waals surface area contributed by atoms with E-state index in [9.17, 15) is 9.59 Å². The quantitative estimate of drug-likeness (QED) is 0.573. The number of thioether (sulfide) groups is 2. The molecular weight excluding hydrogens is 308 g/mol. The van der Waals surface area contributed by atoms with Crippen molar-refractivity contribution in [1.29, 1.82) is 0 Å². The van der Waals surface area contributed by atoms with E-state index in [0.717, 1.165) is 12.8 Å². The maximum Gasteiger partial charge on any atom is 0.286 e. The highest BCUT2D eigenvalue weighted by Gasteiger charge is 2.27. The second-order valence-electron chi connectivity index (χ2n) is 3.91. The molecule has 4 nitrogen and oxygen atoms in total. The molecule has 0 unspecified atom stereocenters. The Labute approximate surface area is 125 Å². The molecule has 2 heterocycles. The van der Waals surface area contributed by atoms with E-state index in [2.05, 4.69) is 0 Å². The molecule has 0 radical (unpaired) electrons. The van der Waals surface area contributed by atoms with E-state index in [1.807, 2.05) is 0 Å². The summed E-state index contributed by atoms with van der Waals surface area (Å²) < 4.78 is 0. The van der Waals surface area contributed by atoms with Gasteiger partial charge in [-0.25, -0.2) is 0 Å². The molecule has 18 heavy (non-hydrogen) atoms. The SMILES string of the molecule is O=C1SCC(=S)N1CCCCN1C(=O)SCC1=S. The number of rotatable bonds is 5. The van der Waals surface area contributed by atoms with Crippen LogP contribution >= 0.6 is 48.0 Å². The average molecular weight is 320 g/mol. The first-order chi connectivity index (χ1) is 8.59. The molecule has 0 bridgehead atoms. The summed E-state index contributed by atoms with van der Waals surface area (Å²) in [5.74, 6) is 1.25. The number of nitrogens with zero attached hydrogens (tertiary/aromatic N) is 2. The molecule has 2 aliphatic rings. The summed E-state index contributed by atoms with van der Waals surface area (Å²) in [6.07, 6.45) is 1.67. The third kappa shape index (κ3) is 3.23. The van der Waals surface area contributed by atoms with Crippen LogP contribution in [-0.4, -0.2) is 54.9 Å². The van der Waals surface area contributed by atoms with Gasteiger partial charge in [0.2, 0.25) is 0 Å². The fourth-order valence-electron chi connectivity index (χ4n) is 1.73. The number of thiocarbonyl (C=S) groups is 2. The zero-order chi connectivity index (χ0) is 13.1. The lowest BCUT2D eigenvalue weighted by atomic mass is 10.3. The van der Waals surface area contributed by atoms with Crippen LogP contribution in [0.2, 0.25) is 0 Å². The van der Waals surface area contributed by atoms with Gasteiger partial charge in [-0.1, -0.05) is 48.0 Å². The van der Waals surface area contributed by atoms with E-state index in [4.69, 9.17) is 24.4 Å². The van der Waals surface area contributed by atoms with E-state index < -0.39 is 0 Å². The van der Waals surface area contributed by atoms with Gasteiger partial charge in [0, 0.05) is 13.1 Å². The second-order valence-corrected chi connectivity index (χ2v) is 6.70. The molecule has 0 spiro atoms. The molecule has 0 atom stereocenters. The van der Waals surface area contributed by atoms with Crippen LogP contribution in [0.3, 0.4) is 0 Å². The van der Waals surface area contributed by atoms with Gasteiger partial charge in [-0.15, -0.1) is 0 Å². The lowest BCUT2D eigenvalue weighted by Crippen LogP contribution is -2.31. The van der Waals surface area contributed by atoms with E-state index in [-0.39, 0.29) is 10.5 Å². The summed E-state index contributed by atoms with van der Waals surface area (Å²) in [5, 5.41) is 0.0895. The van der Waals surface area contributed by atoms with Gasteiger partial charge in [-0.05, 0) is 12.8 Å². The van der Waals surface area contributed by atoms with Gasteiger partial charge in [0.1, 0.15) is 0 Å². The van der Waals surface area contributed by atoms with E-state index in [1.165, 1.54) is 23.5 Å². The maximum atomic E-state index is 11.5. The van der Waals surface area contributed by atoms with Crippen LogP contribution in [0.1, 0.15) is 12.8 Å². The molecule has 98 valence electrons. The summed E-state index contributed by atoms with van der Waals surface area (Å²) in [6, 6.07) is 0. The molecule has 0 aliphatic carbocycles. The molecule has 2 saturated heterocycles. The lowest BCUT2D eigenvalue weighted by molar-refractivity contribution is 0.241. The second kappa shape index (κ2) is 6.31. The Morgan fingerprint density at radius 1 is 0.889 bits per heavy atom. The van der Waals surface area contributed by atoms with Crippen molar-refractivity contribution in [1.82, 2.24) is 9.80 Å². The van der Waals surface area contributed by atoms with Crippen molar-refractivity contribution in [3.05, 3.63) is 0 Å². The highest BCUT2D eigenvalue weighted by Crippen LogP contribution is 2.22. The Kier molecular flexibility index (Phi) is 4.99. The number of carbonyl (C=O) groups excluding carboxylic acids is 2. The molecule has 0 saturated carbocycles. The highest BCUT2D eigenvalue weighted by molar-refractivity contribution is 8.15. The zero-order valence-electron chi connectivity index (χ0n) is 9.59. The van der Waals surface area contributed by atoms with Gasteiger partial charge >= 0.3 is 0 Å². The Hall–Kier alpha value is -0.180. The maximum absolute atomic E-state index is 11.5. The number of unbranched alkanes of at least 4 members (excludes halogenated alkanes) is 1. The average Bonchev–Trinajstić information content (AvgIpc) is 2.82. The van der Waals surface area contributed by atoms with Gasteiger partial charge < -0.3 is 0 Å². The summed E-state index contributed by atoms with van der Waals surface area (Å²) in [6.45, 7) is 1.29. The van der Waals surface area contributed by atoms with Crippen LogP contribution < -0.4 is 0 Å². The molecule has 2 amide bonds. The summed E-state index contributed by atoms with van der Waals surface area (Å²) in [4.78, 5) is 27.6. The predicted octanol–water partition coefficient (Wildman–Crippen LogP) is 2.76. The van der Waals surface area contributed by atoms with Crippen molar-refractivity contribution in [3.63, 3.8) is 0 Å². The van der Waals surface area contributed by atoms with Crippen molar-refractivity contribution in [3.8, 4) is 0 Å².